The molecule has 4 rings (SSSR count). The number of aromatic nitrogens is 1. The number of benzene rings is 3. The zero-order valence-corrected chi connectivity index (χ0v) is 22.0. The lowest BCUT2D eigenvalue weighted by Gasteiger charge is -2.13. The number of rotatable bonds is 10. The number of hydrogen-bond acceptors (Lipinski definition) is 7. The van der Waals surface area contributed by atoms with Crippen LogP contribution < -0.4 is 9.61 Å². The third-order valence-electron chi connectivity index (χ3n) is 5.95. The summed E-state index contributed by atoms with van der Waals surface area (Å²) in [7, 11) is 2.47. The number of fused-ring (bicyclic) bond motifs is 1. The van der Waals surface area contributed by atoms with Crippen LogP contribution in [-0.4, -0.2) is 37.3 Å². The molecule has 0 saturated carbocycles. The Kier molecular flexibility index (Phi) is 8.63. The van der Waals surface area contributed by atoms with Gasteiger partial charge in [-0.3, -0.25) is 19.0 Å². The minimum atomic E-state index is -1.02. The van der Waals surface area contributed by atoms with Crippen LogP contribution in [0.4, 0.5) is 0 Å². The molecule has 0 bridgehead atoms. The molecule has 4 aromatic rings. The summed E-state index contributed by atoms with van der Waals surface area (Å²) >= 11 is 7.32. The summed E-state index contributed by atoms with van der Waals surface area (Å²) in [4.78, 5) is 36.4. The van der Waals surface area contributed by atoms with E-state index in [1.165, 1.54) is 25.6 Å². The van der Waals surface area contributed by atoms with E-state index >= 15 is 0 Å². The van der Waals surface area contributed by atoms with Crippen molar-refractivity contribution in [2.24, 2.45) is 5.92 Å². The second-order valence-electron chi connectivity index (χ2n) is 8.42. The third kappa shape index (κ3) is 6.58. The second-order valence-corrected chi connectivity index (χ2v) is 9.85. The zero-order chi connectivity index (χ0) is 26.4. The van der Waals surface area contributed by atoms with Crippen LogP contribution in [0, 0.1) is 5.92 Å². The van der Waals surface area contributed by atoms with Crippen molar-refractivity contribution in [2.75, 3.05) is 20.8 Å². The van der Waals surface area contributed by atoms with Gasteiger partial charge in [-0.2, -0.15) is 0 Å². The molecule has 7 nitrogen and oxygen atoms in total. The van der Waals surface area contributed by atoms with Gasteiger partial charge < -0.3 is 14.2 Å². The van der Waals surface area contributed by atoms with E-state index in [-0.39, 0.29) is 11.3 Å². The SMILES string of the molecule is COC(=O)C(Cc1ccc(OCCn2c(=O)sc3cc(Cc4cccc(Cl)c4)ccc32)cc1)C(=O)OC. The molecule has 0 amide bonds. The topological polar surface area (TPSA) is 83.8 Å². The molecular formula is C28H26ClNO6S. The molecule has 0 atom stereocenters. The fourth-order valence-electron chi connectivity index (χ4n) is 4.07. The van der Waals surface area contributed by atoms with Crippen molar-refractivity contribution in [1.29, 1.82) is 0 Å². The number of carbonyl (C=O) groups excluding carboxylic acids is 2. The minimum Gasteiger partial charge on any atom is -0.492 e. The predicted octanol–water partition coefficient (Wildman–Crippen LogP) is 4.89. The number of ether oxygens (including phenoxy) is 3. The van der Waals surface area contributed by atoms with Crippen LogP contribution in [0.1, 0.15) is 16.7 Å². The lowest BCUT2D eigenvalue weighted by molar-refractivity contribution is -0.158. The second kappa shape index (κ2) is 12.1. The van der Waals surface area contributed by atoms with Crippen molar-refractivity contribution in [3.8, 4) is 5.75 Å². The Hall–Kier alpha value is -3.62. The number of nitrogens with zero attached hydrogens (tertiary/aromatic N) is 1. The highest BCUT2D eigenvalue weighted by atomic mass is 35.5. The van der Waals surface area contributed by atoms with Gasteiger partial charge in [0.1, 0.15) is 12.4 Å². The first kappa shape index (κ1) is 26.4. The first-order valence-corrected chi connectivity index (χ1v) is 12.8. The maximum Gasteiger partial charge on any atom is 0.320 e. The Morgan fingerprint density at radius 1 is 0.919 bits per heavy atom. The van der Waals surface area contributed by atoms with Gasteiger partial charge in [-0.1, -0.05) is 53.3 Å². The van der Waals surface area contributed by atoms with Gasteiger partial charge in [0.15, 0.2) is 5.92 Å². The molecule has 9 heteroatoms. The van der Waals surface area contributed by atoms with Crippen molar-refractivity contribution in [3.05, 3.63) is 98.1 Å². The van der Waals surface area contributed by atoms with Crippen LogP contribution in [-0.2, 0) is 38.4 Å². The number of methoxy groups -OCH3 is 2. The maximum absolute atomic E-state index is 12.6. The molecule has 0 aliphatic rings. The van der Waals surface area contributed by atoms with Crippen LogP contribution in [0.15, 0.2) is 71.5 Å². The molecule has 37 heavy (non-hydrogen) atoms. The molecule has 0 unspecified atom stereocenters. The Bertz CT molecular complexity index is 1440. The minimum absolute atomic E-state index is 0.0366. The van der Waals surface area contributed by atoms with Crippen molar-refractivity contribution in [3.63, 3.8) is 0 Å². The summed E-state index contributed by atoms with van der Waals surface area (Å²) in [5.74, 6) is -1.69. The first-order valence-electron chi connectivity index (χ1n) is 11.6. The molecular weight excluding hydrogens is 514 g/mol. The van der Waals surface area contributed by atoms with E-state index in [1.54, 1.807) is 28.8 Å². The predicted molar refractivity (Wildman–Crippen MR) is 144 cm³/mol. The summed E-state index contributed by atoms with van der Waals surface area (Å²) in [5.41, 5.74) is 3.87. The number of halogens is 1. The Morgan fingerprint density at radius 2 is 1.59 bits per heavy atom. The van der Waals surface area contributed by atoms with E-state index in [0.717, 1.165) is 33.3 Å². The van der Waals surface area contributed by atoms with E-state index < -0.39 is 17.9 Å². The Labute approximate surface area is 223 Å². The molecule has 1 heterocycles. The number of esters is 2. The van der Waals surface area contributed by atoms with E-state index in [2.05, 4.69) is 0 Å². The molecule has 0 aliphatic carbocycles. The van der Waals surface area contributed by atoms with Gasteiger partial charge >= 0.3 is 16.8 Å². The summed E-state index contributed by atoms with van der Waals surface area (Å²) < 4.78 is 17.9. The fourth-order valence-corrected chi connectivity index (χ4v) is 5.27. The van der Waals surface area contributed by atoms with Crippen LogP contribution in [0.3, 0.4) is 0 Å². The molecule has 0 aliphatic heterocycles. The lowest BCUT2D eigenvalue weighted by atomic mass is 9.99. The summed E-state index contributed by atoms with van der Waals surface area (Å²) in [5, 5.41) is 0.704. The molecule has 1 aromatic heterocycles. The average molecular weight is 540 g/mol. The largest absolute Gasteiger partial charge is 0.492 e. The summed E-state index contributed by atoms with van der Waals surface area (Å²) in [6, 6.07) is 20.9. The van der Waals surface area contributed by atoms with Crippen molar-refractivity contribution in [1.82, 2.24) is 4.57 Å². The molecule has 0 spiro atoms. The smallest absolute Gasteiger partial charge is 0.320 e. The number of carbonyl (C=O) groups is 2. The Morgan fingerprint density at radius 3 is 2.27 bits per heavy atom. The highest BCUT2D eigenvalue weighted by Crippen LogP contribution is 2.22. The molecule has 0 N–H and O–H groups in total. The maximum atomic E-state index is 12.6. The molecule has 192 valence electrons. The standard InChI is InChI=1S/C28H26ClNO6S/c1-34-26(31)23(27(32)35-2)16-18-6-9-22(10-7-18)36-13-12-30-24-11-8-20(17-25(24)37-28(30)33)14-19-4-3-5-21(29)15-19/h3-11,15,17,23H,12-14,16H2,1-2H3. The fraction of sp³-hybridized carbons (Fsp3) is 0.250. The van der Waals surface area contributed by atoms with Gasteiger partial charge in [-0.15, -0.1) is 0 Å². The van der Waals surface area contributed by atoms with E-state index in [0.29, 0.717) is 23.9 Å². The summed E-state index contributed by atoms with van der Waals surface area (Å²) in [6.07, 6.45) is 0.900. The molecule has 0 radical (unpaired) electrons. The van der Waals surface area contributed by atoms with Crippen LogP contribution in [0.5, 0.6) is 5.75 Å². The summed E-state index contributed by atoms with van der Waals surface area (Å²) in [6.45, 7) is 0.712. The van der Waals surface area contributed by atoms with Crippen molar-refractivity contribution in [2.45, 2.75) is 19.4 Å². The van der Waals surface area contributed by atoms with Crippen molar-refractivity contribution >= 4 is 45.1 Å². The van der Waals surface area contributed by atoms with Gasteiger partial charge in [0.2, 0.25) is 0 Å². The normalized spacial score (nSPS) is 11.0. The van der Waals surface area contributed by atoms with Gasteiger partial charge in [-0.05, 0) is 65.9 Å². The van der Waals surface area contributed by atoms with Crippen LogP contribution >= 0.6 is 22.9 Å². The lowest BCUT2D eigenvalue weighted by Crippen LogP contribution is -2.28. The van der Waals surface area contributed by atoms with E-state index in [9.17, 15) is 14.4 Å². The number of thiazole rings is 1. The molecule has 3 aromatic carbocycles. The van der Waals surface area contributed by atoms with E-state index in [4.69, 9.17) is 25.8 Å². The highest BCUT2D eigenvalue weighted by molar-refractivity contribution is 7.16. The average Bonchev–Trinajstić information content (AvgIpc) is 3.21. The quantitative estimate of drug-likeness (QED) is 0.211. The third-order valence-corrected chi connectivity index (χ3v) is 7.13. The molecule has 0 saturated heterocycles. The highest BCUT2D eigenvalue weighted by Gasteiger charge is 2.28. The van der Waals surface area contributed by atoms with Gasteiger partial charge in [-0.25, -0.2) is 0 Å². The van der Waals surface area contributed by atoms with Gasteiger partial charge in [0, 0.05) is 5.02 Å². The van der Waals surface area contributed by atoms with Gasteiger partial charge in [0.05, 0.1) is 31.0 Å². The van der Waals surface area contributed by atoms with E-state index in [1.807, 2.05) is 42.5 Å². The molecule has 0 fully saturated rings. The number of hydrogen-bond donors (Lipinski definition) is 0. The zero-order valence-electron chi connectivity index (χ0n) is 20.4. The first-order chi connectivity index (χ1) is 17.9. The van der Waals surface area contributed by atoms with Crippen LogP contribution in [0.25, 0.3) is 10.2 Å². The Balaban J connectivity index is 1.37. The monoisotopic (exact) mass is 539 g/mol. The van der Waals surface area contributed by atoms with Crippen molar-refractivity contribution < 1.29 is 23.8 Å². The van der Waals surface area contributed by atoms with Gasteiger partial charge in [0.25, 0.3) is 0 Å². The van der Waals surface area contributed by atoms with Crippen LogP contribution in [0.2, 0.25) is 5.02 Å².